The van der Waals surface area contributed by atoms with Gasteiger partial charge in [0, 0.05) is 52.0 Å². The summed E-state index contributed by atoms with van der Waals surface area (Å²) >= 11 is 0. The maximum Gasteiger partial charge on any atom is 0.0705 e. The standard InChI is InChI=1S/C95H97N3/c1-62(2)48-74-54-91(96-59-88(74)65-24-16-13-17-25-65)71-38-32-68(33-39-71)82-30-22-23-31-83(82)77-51-78(84-46-44-80(94(7,8)9)57-86(84)69-34-40-72(41-35-69)92-55-75(49-63(3)4)89(60-97-92)66-26-18-14-19-27-66)53-79(52-77)85-47-45-81(95(10,11)12)58-87(85)70-36-42-73(43-37-70)93-56-76(50-64(5)6)90(61-98-93)67-28-20-15-21-29-67/h13-47,54-64,77-79H,48-53H2,1-12H3. The van der Waals surface area contributed by atoms with Crippen LogP contribution in [0, 0.1) is 17.8 Å². The van der Waals surface area contributed by atoms with Crippen LogP contribution in [0.15, 0.2) is 261 Å². The summed E-state index contributed by atoms with van der Waals surface area (Å²) in [6, 6.07) is 91.6. The van der Waals surface area contributed by atoms with E-state index in [1.807, 2.05) is 0 Å². The van der Waals surface area contributed by atoms with Gasteiger partial charge in [-0.05, 0) is 198 Å². The average Bonchev–Trinajstić information content (AvgIpc) is 0.764. The monoisotopic (exact) mass is 1280 g/mol. The van der Waals surface area contributed by atoms with Crippen LogP contribution in [0.4, 0.5) is 0 Å². The van der Waals surface area contributed by atoms with Crippen molar-refractivity contribution in [2.24, 2.45) is 17.8 Å². The minimum Gasteiger partial charge on any atom is -0.256 e. The first-order chi connectivity index (χ1) is 47.3. The second kappa shape index (κ2) is 28.9. The third-order valence-corrected chi connectivity index (χ3v) is 20.4. The Hall–Kier alpha value is -9.57. The first-order valence-electron chi connectivity index (χ1n) is 36.1. The molecular weight excluding hydrogens is 1180 g/mol. The van der Waals surface area contributed by atoms with Crippen LogP contribution < -0.4 is 0 Å². The van der Waals surface area contributed by atoms with Gasteiger partial charge in [0.1, 0.15) is 0 Å². The van der Waals surface area contributed by atoms with Crippen LogP contribution in [0.5, 0.6) is 0 Å². The molecule has 2 atom stereocenters. The Kier molecular flexibility index (Phi) is 19.7. The van der Waals surface area contributed by atoms with Gasteiger partial charge in [0.25, 0.3) is 0 Å². The Morgan fingerprint density at radius 3 is 0.847 bits per heavy atom. The van der Waals surface area contributed by atoms with Crippen LogP contribution >= 0.6 is 0 Å². The molecule has 9 aromatic carbocycles. The summed E-state index contributed by atoms with van der Waals surface area (Å²) in [5, 5.41) is 0. The molecule has 98 heavy (non-hydrogen) atoms. The molecule has 13 rings (SSSR count). The number of pyridine rings is 3. The molecule has 3 heteroatoms. The van der Waals surface area contributed by atoms with Gasteiger partial charge in [-0.15, -0.1) is 0 Å². The predicted molar refractivity (Wildman–Crippen MR) is 417 cm³/mol. The summed E-state index contributed by atoms with van der Waals surface area (Å²) in [6.07, 6.45) is 12.3. The van der Waals surface area contributed by atoms with E-state index in [1.165, 1.54) is 111 Å². The van der Waals surface area contributed by atoms with Gasteiger partial charge in [-0.3, -0.25) is 15.0 Å². The van der Waals surface area contributed by atoms with Crippen molar-refractivity contribution < 1.29 is 0 Å². The normalized spacial score (nSPS) is 15.1. The molecule has 0 aliphatic heterocycles. The molecule has 1 saturated carbocycles. The molecule has 0 amide bonds. The zero-order valence-electron chi connectivity index (χ0n) is 59.9. The Morgan fingerprint density at radius 2 is 0.541 bits per heavy atom. The van der Waals surface area contributed by atoms with E-state index >= 15 is 0 Å². The molecule has 0 N–H and O–H groups in total. The maximum atomic E-state index is 5.16. The van der Waals surface area contributed by atoms with Gasteiger partial charge in [-0.1, -0.05) is 308 Å². The summed E-state index contributed by atoms with van der Waals surface area (Å²) in [5.74, 6) is 2.28. The molecule has 0 spiro atoms. The first-order valence-corrected chi connectivity index (χ1v) is 36.1. The van der Waals surface area contributed by atoms with Crippen molar-refractivity contribution in [1.29, 1.82) is 0 Å². The Morgan fingerprint density at radius 1 is 0.276 bits per heavy atom. The van der Waals surface area contributed by atoms with Gasteiger partial charge in [-0.2, -0.15) is 0 Å². The van der Waals surface area contributed by atoms with Crippen molar-refractivity contribution in [3.63, 3.8) is 0 Å². The number of hydrogen-bond acceptors (Lipinski definition) is 3. The van der Waals surface area contributed by atoms with Gasteiger partial charge < -0.3 is 0 Å². The van der Waals surface area contributed by atoms with Crippen LogP contribution in [0.3, 0.4) is 0 Å². The number of nitrogens with zero attached hydrogens (tertiary/aromatic N) is 3. The molecule has 2 unspecified atom stereocenters. The van der Waals surface area contributed by atoms with Gasteiger partial charge >= 0.3 is 0 Å². The largest absolute Gasteiger partial charge is 0.256 e. The van der Waals surface area contributed by atoms with E-state index in [0.29, 0.717) is 17.8 Å². The smallest absolute Gasteiger partial charge is 0.0705 e. The fourth-order valence-corrected chi connectivity index (χ4v) is 15.3. The lowest BCUT2D eigenvalue weighted by Crippen LogP contribution is -2.22. The lowest BCUT2D eigenvalue weighted by molar-refractivity contribution is 0.352. The minimum absolute atomic E-state index is 0.0497. The second-order valence-corrected chi connectivity index (χ2v) is 31.3. The molecule has 0 saturated heterocycles. The topological polar surface area (TPSA) is 38.7 Å². The molecule has 0 radical (unpaired) electrons. The highest BCUT2D eigenvalue weighted by Gasteiger charge is 2.36. The minimum atomic E-state index is -0.0497. The van der Waals surface area contributed by atoms with E-state index in [1.54, 1.807) is 0 Å². The number of aromatic nitrogens is 3. The summed E-state index contributed by atoms with van der Waals surface area (Å²) in [7, 11) is 0. The van der Waals surface area contributed by atoms with Gasteiger partial charge in [-0.25, -0.2) is 0 Å². The molecule has 3 heterocycles. The van der Waals surface area contributed by atoms with Crippen molar-refractivity contribution in [1.82, 2.24) is 15.0 Å². The SMILES string of the molecule is CC(C)Cc1cc(-c2ccc(-c3ccccc3C3CC(c4ccc(C(C)(C)C)cc4-c4ccc(-c5cc(CC(C)C)c(-c6ccccc6)cn5)cc4)CC(c4ccc(C(C)(C)C)cc4-c4ccc(-c5cc(CC(C)C)c(-c6ccccc6)cn5)cc4)C3)cc2)ncc1-c1ccccc1. The number of hydrogen-bond donors (Lipinski definition) is 0. The summed E-state index contributed by atoms with van der Waals surface area (Å²) in [5.41, 5.74) is 32.3. The first kappa shape index (κ1) is 67.0. The van der Waals surface area contributed by atoms with Crippen molar-refractivity contribution in [2.45, 2.75) is 150 Å². The molecule has 12 aromatic rings. The molecule has 492 valence electrons. The van der Waals surface area contributed by atoms with E-state index in [0.717, 1.165) is 72.3 Å². The summed E-state index contributed by atoms with van der Waals surface area (Å²) < 4.78 is 0. The van der Waals surface area contributed by atoms with Crippen LogP contribution in [-0.2, 0) is 30.1 Å². The fraction of sp³-hybridized carbons (Fsp3) is 0.274. The third-order valence-electron chi connectivity index (χ3n) is 20.4. The van der Waals surface area contributed by atoms with Crippen LogP contribution in [-0.4, -0.2) is 15.0 Å². The van der Waals surface area contributed by atoms with E-state index < -0.39 is 0 Å². The van der Waals surface area contributed by atoms with Crippen LogP contribution in [0.1, 0.15) is 165 Å². The van der Waals surface area contributed by atoms with Gasteiger partial charge in [0.05, 0.1) is 17.1 Å². The molecular formula is C95H97N3. The van der Waals surface area contributed by atoms with Gasteiger partial charge in [0.2, 0.25) is 0 Å². The highest BCUT2D eigenvalue weighted by atomic mass is 14.7. The fourth-order valence-electron chi connectivity index (χ4n) is 15.3. The second-order valence-electron chi connectivity index (χ2n) is 31.3. The van der Waals surface area contributed by atoms with Crippen LogP contribution in [0.2, 0.25) is 0 Å². The van der Waals surface area contributed by atoms with Crippen molar-refractivity contribution >= 4 is 0 Å². The van der Waals surface area contributed by atoms with Crippen molar-refractivity contribution in [3.8, 4) is 101 Å². The Balaban J connectivity index is 0.908. The van der Waals surface area contributed by atoms with E-state index in [-0.39, 0.29) is 28.6 Å². The lowest BCUT2D eigenvalue weighted by atomic mass is 9.65. The quantitative estimate of drug-likeness (QED) is 0.0859. The van der Waals surface area contributed by atoms with E-state index in [2.05, 4.69) is 344 Å². The molecule has 1 aliphatic rings. The number of rotatable bonds is 18. The highest BCUT2D eigenvalue weighted by molar-refractivity contribution is 5.79. The molecule has 1 aliphatic carbocycles. The molecule has 0 bridgehead atoms. The Bertz CT molecular complexity index is 4490. The highest BCUT2D eigenvalue weighted by Crippen LogP contribution is 2.54. The van der Waals surface area contributed by atoms with Crippen molar-refractivity contribution in [3.05, 3.63) is 306 Å². The average molecular weight is 1280 g/mol. The zero-order valence-corrected chi connectivity index (χ0v) is 59.9. The lowest BCUT2D eigenvalue weighted by Gasteiger charge is -2.39. The van der Waals surface area contributed by atoms with E-state index in [9.17, 15) is 0 Å². The predicted octanol–water partition coefficient (Wildman–Crippen LogP) is 25.9. The van der Waals surface area contributed by atoms with Crippen molar-refractivity contribution in [2.75, 3.05) is 0 Å². The van der Waals surface area contributed by atoms with Crippen LogP contribution in [0.25, 0.3) is 101 Å². The maximum absolute atomic E-state index is 5.16. The molecule has 1 fully saturated rings. The third kappa shape index (κ3) is 15.1. The zero-order chi connectivity index (χ0) is 68.2. The van der Waals surface area contributed by atoms with E-state index in [4.69, 9.17) is 15.0 Å². The molecule has 3 aromatic heterocycles. The summed E-state index contributed by atoms with van der Waals surface area (Å²) in [4.78, 5) is 15.5. The van der Waals surface area contributed by atoms with Gasteiger partial charge in [0.15, 0.2) is 0 Å². The number of benzene rings is 9. The summed E-state index contributed by atoms with van der Waals surface area (Å²) in [6.45, 7) is 28.0. The Labute approximate surface area is 585 Å². The molecule has 3 nitrogen and oxygen atoms in total.